The van der Waals surface area contributed by atoms with E-state index >= 15 is 0 Å². The van der Waals surface area contributed by atoms with Gasteiger partial charge in [-0.15, -0.1) is 0 Å². The highest BCUT2D eigenvalue weighted by Gasteiger charge is 2.53. The summed E-state index contributed by atoms with van der Waals surface area (Å²) in [5, 5.41) is 0. The molecule has 2 atom stereocenters. The minimum Gasteiger partial charge on any atom is -0.273 e. The van der Waals surface area contributed by atoms with Gasteiger partial charge in [-0.25, -0.2) is 12.7 Å². The van der Waals surface area contributed by atoms with Crippen molar-refractivity contribution in [1.29, 1.82) is 0 Å². The lowest BCUT2D eigenvalue weighted by molar-refractivity contribution is -0.131. The number of aryl methyl sites for hydroxylation is 1. The number of nitrogens with zero attached hydrogens (tertiary/aromatic N) is 1. The third kappa shape index (κ3) is 3.21. The lowest BCUT2D eigenvalue weighted by Crippen LogP contribution is -2.36. The fourth-order valence-electron chi connectivity index (χ4n) is 3.34. The van der Waals surface area contributed by atoms with E-state index in [1.807, 2.05) is 51.1 Å². The zero-order chi connectivity index (χ0) is 19.1. The number of rotatable bonds is 4. The van der Waals surface area contributed by atoms with Crippen LogP contribution in [0.15, 0.2) is 59.5 Å². The van der Waals surface area contributed by atoms with Crippen LogP contribution in [-0.2, 0) is 14.8 Å². The SMILES string of the molecule is Cc1ccc(S(=O)(=O)N2C[C@@H]([C@H](Br)c3ccccc3)C(C)(C)C2=O)cc1. The van der Waals surface area contributed by atoms with Crippen LogP contribution in [-0.4, -0.2) is 25.2 Å². The van der Waals surface area contributed by atoms with Gasteiger partial charge >= 0.3 is 0 Å². The second-order valence-corrected chi connectivity index (χ2v) is 10.1. The molecule has 26 heavy (non-hydrogen) atoms. The first-order valence-electron chi connectivity index (χ1n) is 8.48. The topological polar surface area (TPSA) is 54.5 Å². The molecule has 138 valence electrons. The zero-order valence-electron chi connectivity index (χ0n) is 15.0. The third-order valence-electron chi connectivity index (χ3n) is 5.15. The number of carbonyl (C=O) groups is 1. The number of amides is 1. The summed E-state index contributed by atoms with van der Waals surface area (Å²) in [5.41, 5.74) is 1.22. The molecule has 1 fully saturated rings. The van der Waals surface area contributed by atoms with E-state index in [9.17, 15) is 13.2 Å². The van der Waals surface area contributed by atoms with Gasteiger partial charge in [-0.1, -0.05) is 77.8 Å². The fourth-order valence-corrected chi connectivity index (χ4v) is 6.02. The van der Waals surface area contributed by atoms with Crippen molar-refractivity contribution in [3.8, 4) is 0 Å². The second kappa shape index (κ2) is 6.82. The predicted octanol–water partition coefficient (Wildman–Crippen LogP) is 4.30. The first kappa shape index (κ1) is 19.1. The molecular formula is C20H22BrNO3S. The minimum atomic E-state index is -3.86. The largest absolute Gasteiger partial charge is 0.273 e. The van der Waals surface area contributed by atoms with Crippen LogP contribution in [0.5, 0.6) is 0 Å². The fraction of sp³-hybridized carbons (Fsp3) is 0.350. The number of halogens is 1. The summed E-state index contributed by atoms with van der Waals surface area (Å²) in [6.07, 6.45) is 0. The number of alkyl halides is 1. The second-order valence-electron chi connectivity index (χ2n) is 7.29. The van der Waals surface area contributed by atoms with Crippen molar-refractivity contribution >= 4 is 31.9 Å². The van der Waals surface area contributed by atoms with E-state index in [2.05, 4.69) is 15.9 Å². The van der Waals surface area contributed by atoms with Crippen molar-refractivity contribution in [1.82, 2.24) is 4.31 Å². The van der Waals surface area contributed by atoms with Gasteiger partial charge in [-0.2, -0.15) is 0 Å². The summed E-state index contributed by atoms with van der Waals surface area (Å²) >= 11 is 3.70. The Balaban J connectivity index is 1.96. The average Bonchev–Trinajstić information content (AvgIpc) is 2.86. The van der Waals surface area contributed by atoms with Crippen molar-refractivity contribution in [2.24, 2.45) is 11.3 Å². The van der Waals surface area contributed by atoms with Gasteiger partial charge in [0.05, 0.1) is 10.3 Å². The molecule has 0 saturated carbocycles. The average molecular weight is 436 g/mol. The van der Waals surface area contributed by atoms with Gasteiger partial charge in [0.1, 0.15) is 0 Å². The summed E-state index contributed by atoms with van der Waals surface area (Å²) in [6, 6.07) is 16.4. The van der Waals surface area contributed by atoms with E-state index in [0.29, 0.717) is 0 Å². The van der Waals surface area contributed by atoms with Gasteiger partial charge < -0.3 is 0 Å². The molecule has 0 aliphatic carbocycles. The highest BCUT2D eigenvalue weighted by atomic mass is 79.9. The number of sulfonamides is 1. The number of hydrogen-bond acceptors (Lipinski definition) is 3. The van der Waals surface area contributed by atoms with E-state index < -0.39 is 15.4 Å². The molecule has 2 aromatic rings. The van der Waals surface area contributed by atoms with Gasteiger partial charge in [-0.05, 0) is 24.6 Å². The van der Waals surface area contributed by atoms with Crippen LogP contribution < -0.4 is 0 Å². The summed E-state index contributed by atoms with van der Waals surface area (Å²) in [5.74, 6) is -0.527. The molecule has 1 aliphatic rings. The molecule has 3 rings (SSSR count). The Morgan fingerprint density at radius 1 is 1.08 bits per heavy atom. The highest BCUT2D eigenvalue weighted by molar-refractivity contribution is 9.09. The summed E-state index contributed by atoms with van der Waals surface area (Å²) < 4.78 is 27.1. The van der Waals surface area contributed by atoms with Crippen molar-refractivity contribution in [3.05, 3.63) is 65.7 Å². The van der Waals surface area contributed by atoms with Crippen molar-refractivity contribution in [2.45, 2.75) is 30.5 Å². The van der Waals surface area contributed by atoms with E-state index in [1.165, 1.54) is 0 Å². The summed E-state index contributed by atoms with van der Waals surface area (Å²) in [4.78, 5) is 13.0. The Morgan fingerprint density at radius 2 is 1.65 bits per heavy atom. The molecule has 2 aromatic carbocycles. The number of hydrogen-bond donors (Lipinski definition) is 0. The summed E-state index contributed by atoms with van der Waals surface area (Å²) in [6.45, 7) is 5.70. The normalized spacial score (nSPS) is 21.0. The molecule has 0 bridgehead atoms. The number of carbonyl (C=O) groups excluding carboxylic acids is 1. The molecule has 1 aliphatic heterocycles. The minimum absolute atomic E-state index is 0.110. The van der Waals surface area contributed by atoms with Crippen LogP contribution >= 0.6 is 15.9 Å². The summed E-state index contributed by atoms with van der Waals surface area (Å²) in [7, 11) is -3.86. The van der Waals surface area contributed by atoms with E-state index in [4.69, 9.17) is 0 Å². The Bertz CT molecular complexity index is 908. The maximum Gasteiger partial charge on any atom is 0.266 e. The Labute approximate surface area is 163 Å². The van der Waals surface area contributed by atoms with Crippen LogP contribution in [0.25, 0.3) is 0 Å². The van der Waals surface area contributed by atoms with E-state index in [1.54, 1.807) is 24.3 Å². The van der Waals surface area contributed by atoms with Crippen molar-refractivity contribution in [3.63, 3.8) is 0 Å². The van der Waals surface area contributed by atoms with Gasteiger partial charge in [0, 0.05) is 17.3 Å². The lowest BCUT2D eigenvalue weighted by atomic mass is 9.78. The highest BCUT2D eigenvalue weighted by Crippen LogP contribution is 2.48. The van der Waals surface area contributed by atoms with Crippen LogP contribution in [0, 0.1) is 18.3 Å². The Hall–Kier alpha value is -1.66. The molecule has 0 spiro atoms. The Kier molecular flexibility index (Phi) is 5.01. The van der Waals surface area contributed by atoms with Crippen molar-refractivity contribution in [2.75, 3.05) is 6.54 Å². The predicted molar refractivity (Wildman–Crippen MR) is 105 cm³/mol. The first-order chi connectivity index (χ1) is 12.2. The van der Waals surface area contributed by atoms with Gasteiger partial charge in [0.15, 0.2) is 0 Å². The molecule has 0 aromatic heterocycles. The molecule has 0 unspecified atom stereocenters. The molecule has 0 radical (unpaired) electrons. The van der Waals surface area contributed by atoms with E-state index in [-0.39, 0.29) is 28.1 Å². The van der Waals surface area contributed by atoms with Gasteiger partial charge in [0.25, 0.3) is 10.0 Å². The van der Waals surface area contributed by atoms with Gasteiger partial charge in [0.2, 0.25) is 5.91 Å². The maximum absolute atomic E-state index is 13.0. The Morgan fingerprint density at radius 3 is 2.23 bits per heavy atom. The van der Waals surface area contributed by atoms with E-state index in [0.717, 1.165) is 15.4 Å². The zero-order valence-corrected chi connectivity index (χ0v) is 17.4. The standard InChI is InChI=1S/C20H22BrNO3S/c1-14-9-11-16(12-10-14)26(24,25)22-13-17(20(2,3)19(22)23)18(21)15-7-5-4-6-8-15/h4-12,17-18H,13H2,1-3H3/t17-,18+/m0/s1. The van der Waals surface area contributed by atoms with Crippen LogP contribution in [0.3, 0.4) is 0 Å². The molecule has 6 heteroatoms. The molecular weight excluding hydrogens is 414 g/mol. The lowest BCUT2D eigenvalue weighted by Gasteiger charge is -2.27. The third-order valence-corrected chi connectivity index (χ3v) is 8.08. The van der Waals surface area contributed by atoms with Gasteiger partial charge in [-0.3, -0.25) is 4.79 Å². The molecule has 1 heterocycles. The monoisotopic (exact) mass is 435 g/mol. The smallest absolute Gasteiger partial charge is 0.266 e. The molecule has 4 nitrogen and oxygen atoms in total. The van der Waals surface area contributed by atoms with Crippen molar-refractivity contribution < 1.29 is 13.2 Å². The van der Waals surface area contributed by atoms with Crippen LogP contribution in [0.4, 0.5) is 0 Å². The number of benzene rings is 2. The molecule has 0 N–H and O–H groups in total. The van der Waals surface area contributed by atoms with Crippen LogP contribution in [0.2, 0.25) is 0 Å². The molecule has 1 amide bonds. The molecule has 1 saturated heterocycles. The van der Waals surface area contributed by atoms with Crippen LogP contribution in [0.1, 0.15) is 29.8 Å². The quantitative estimate of drug-likeness (QED) is 0.672. The maximum atomic E-state index is 13.0. The first-order valence-corrected chi connectivity index (χ1v) is 10.8.